The Kier molecular flexibility index (Phi) is 5.17. The highest BCUT2D eigenvalue weighted by Gasteiger charge is 2.27. The minimum atomic E-state index is 0.0871. The highest BCUT2D eigenvalue weighted by Crippen LogP contribution is 2.33. The number of amides is 1. The van der Waals surface area contributed by atoms with Crippen molar-refractivity contribution >= 4 is 39.7 Å². The van der Waals surface area contributed by atoms with Crippen LogP contribution in [0.5, 0.6) is 0 Å². The summed E-state index contributed by atoms with van der Waals surface area (Å²) in [4.78, 5) is 23.4. The van der Waals surface area contributed by atoms with Gasteiger partial charge >= 0.3 is 0 Å². The summed E-state index contributed by atoms with van der Waals surface area (Å²) < 4.78 is 0.720. The molecule has 3 heterocycles. The number of rotatable bonds is 3. The van der Waals surface area contributed by atoms with Gasteiger partial charge in [0.25, 0.3) is 5.91 Å². The summed E-state index contributed by atoms with van der Waals surface area (Å²) >= 11 is 7.59. The van der Waals surface area contributed by atoms with Crippen molar-refractivity contribution < 1.29 is 4.79 Å². The van der Waals surface area contributed by atoms with Gasteiger partial charge in [-0.1, -0.05) is 29.8 Å². The summed E-state index contributed by atoms with van der Waals surface area (Å²) in [6.07, 6.45) is 2.16. The number of benzene rings is 1. The molecule has 1 aliphatic rings. The van der Waals surface area contributed by atoms with Crippen LogP contribution in [0, 0.1) is 0 Å². The Morgan fingerprint density at radius 2 is 2.07 bits per heavy atom. The van der Waals surface area contributed by atoms with Crippen LogP contribution in [-0.4, -0.2) is 53.9 Å². The number of thiophene rings is 1. The maximum Gasteiger partial charge on any atom is 0.254 e. The van der Waals surface area contributed by atoms with Crippen LogP contribution in [-0.2, 0) is 0 Å². The standard InChI is InChI=1S/C21H22ClN3OS/c1-24(2)14-6-5-11-25(13-14)21(26)16-12-18(19-9-10-20(22)27-19)23-17-8-4-3-7-15(16)17/h3-4,7-10,12,14H,5-6,11,13H2,1-2H3. The van der Waals surface area contributed by atoms with E-state index in [-0.39, 0.29) is 5.91 Å². The fourth-order valence-corrected chi connectivity index (χ4v) is 4.67. The number of likely N-dealkylation sites (N-methyl/N-ethyl adjacent to an activating group) is 1. The van der Waals surface area contributed by atoms with Crippen molar-refractivity contribution in [3.05, 3.63) is 52.4 Å². The van der Waals surface area contributed by atoms with Crippen molar-refractivity contribution in [3.63, 3.8) is 0 Å². The minimum absolute atomic E-state index is 0.0871. The van der Waals surface area contributed by atoms with E-state index in [4.69, 9.17) is 16.6 Å². The van der Waals surface area contributed by atoms with Gasteiger partial charge in [-0.05, 0) is 51.2 Å². The van der Waals surface area contributed by atoms with E-state index >= 15 is 0 Å². The molecular weight excluding hydrogens is 378 g/mol. The minimum Gasteiger partial charge on any atom is -0.337 e. The van der Waals surface area contributed by atoms with Crippen LogP contribution in [0.3, 0.4) is 0 Å². The van der Waals surface area contributed by atoms with Crippen molar-refractivity contribution in [1.82, 2.24) is 14.8 Å². The summed E-state index contributed by atoms with van der Waals surface area (Å²) in [5.74, 6) is 0.0871. The smallest absolute Gasteiger partial charge is 0.254 e. The molecule has 1 atom stereocenters. The first-order chi connectivity index (χ1) is 13.0. The molecule has 2 aromatic heterocycles. The Bertz CT molecular complexity index is 984. The van der Waals surface area contributed by atoms with Gasteiger partial charge in [0.15, 0.2) is 0 Å². The molecule has 1 saturated heterocycles. The predicted molar refractivity (Wildman–Crippen MR) is 113 cm³/mol. The van der Waals surface area contributed by atoms with Gasteiger partial charge in [0.05, 0.1) is 26.0 Å². The van der Waals surface area contributed by atoms with Crippen LogP contribution in [0.25, 0.3) is 21.5 Å². The van der Waals surface area contributed by atoms with Crippen molar-refractivity contribution in [2.75, 3.05) is 27.2 Å². The predicted octanol–water partition coefficient (Wildman–Crippen LogP) is 4.78. The van der Waals surface area contributed by atoms with Crippen LogP contribution in [0.15, 0.2) is 42.5 Å². The van der Waals surface area contributed by atoms with E-state index < -0.39 is 0 Å². The highest BCUT2D eigenvalue weighted by molar-refractivity contribution is 7.19. The van der Waals surface area contributed by atoms with Gasteiger partial charge in [-0.25, -0.2) is 4.98 Å². The molecule has 0 spiro atoms. The molecular formula is C21H22ClN3OS. The largest absolute Gasteiger partial charge is 0.337 e. The Hall–Kier alpha value is -1.95. The molecule has 3 aromatic rings. The summed E-state index contributed by atoms with van der Waals surface area (Å²) in [7, 11) is 4.16. The third-order valence-electron chi connectivity index (χ3n) is 5.19. The first-order valence-corrected chi connectivity index (χ1v) is 10.3. The average Bonchev–Trinajstić information content (AvgIpc) is 3.13. The van der Waals surface area contributed by atoms with Gasteiger partial charge in [-0.15, -0.1) is 11.3 Å². The Morgan fingerprint density at radius 3 is 2.81 bits per heavy atom. The molecule has 1 fully saturated rings. The number of nitrogens with zero attached hydrogens (tertiary/aromatic N) is 3. The molecule has 1 amide bonds. The average molecular weight is 400 g/mol. The molecule has 0 aliphatic carbocycles. The number of para-hydroxylation sites is 1. The second-order valence-electron chi connectivity index (χ2n) is 7.19. The molecule has 1 aliphatic heterocycles. The number of piperidine rings is 1. The Balaban J connectivity index is 1.76. The lowest BCUT2D eigenvalue weighted by molar-refractivity contribution is 0.0637. The van der Waals surface area contributed by atoms with Gasteiger partial charge in [-0.2, -0.15) is 0 Å². The van der Waals surface area contributed by atoms with Gasteiger partial charge in [0, 0.05) is 24.5 Å². The SMILES string of the molecule is CN(C)C1CCCN(C(=O)c2cc(-c3ccc(Cl)s3)nc3ccccc23)C1. The zero-order valence-corrected chi connectivity index (χ0v) is 17.1. The van der Waals surface area contributed by atoms with E-state index in [0.29, 0.717) is 6.04 Å². The molecule has 0 bridgehead atoms. The van der Waals surface area contributed by atoms with Crippen LogP contribution < -0.4 is 0 Å². The van der Waals surface area contributed by atoms with Gasteiger partial charge < -0.3 is 9.80 Å². The van der Waals surface area contributed by atoms with E-state index in [2.05, 4.69) is 19.0 Å². The Labute approximate surface area is 168 Å². The maximum absolute atomic E-state index is 13.4. The molecule has 4 rings (SSSR count). The highest BCUT2D eigenvalue weighted by atomic mass is 35.5. The van der Waals surface area contributed by atoms with E-state index in [1.165, 1.54) is 11.3 Å². The van der Waals surface area contributed by atoms with Crippen molar-refractivity contribution in [2.45, 2.75) is 18.9 Å². The maximum atomic E-state index is 13.4. The van der Waals surface area contributed by atoms with E-state index in [0.717, 1.165) is 57.3 Å². The zero-order chi connectivity index (χ0) is 19.0. The fraction of sp³-hybridized carbons (Fsp3) is 0.333. The molecule has 140 valence electrons. The lowest BCUT2D eigenvalue weighted by Crippen LogP contribution is -2.47. The normalized spacial score (nSPS) is 17.6. The monoisotopic (exact) mass is 399 g/mol. The quantitative estimate of drug-likeness (QED) is 0.635. The molecule has 1 aromatic carbocycles. The van der Waals surface area contributed by atoms with Gasteiger partial charge in [0.1, 0.15) is 0 Å². The number of hydrogen-bond acceptors (Lipinski definition) is 4. The van der Waals surface area contributed by atoms with Crippen molar-refractivity contribution in [1.29, 1.82) is 0 Å². The number of carbonyl (C=O) groups excluding carboxylic acids is 1. The molecule has 1 unspecified atom stereocenters. The number of aromatic nitrogens is 1. The van der Waals surface area contributed by atoms with Crippen molar-refractivity contribution in [2.24, 2.45) is 0 Å². The fourth-order valence-electron chi connectivity index (χ4n) is 3.66. The number of carbonyl (C=O) groups is 1. The van der Waals surface area contributed by atoms with Crippen LogP contribution in [0.1, 0.15) is 23.2 Å². The van der Waals surface area contributed by atoms with Gasteiger partial charge in [0.2, 0.25) is 0 Å². The lowest BCUT2D eigenvalue weighted by Gasteiger charge is -2.36. The molecule has 0 saturated carbocycles. The number of halogens is 1. The lowest BCUT2D eigenvalue weighted by atomic mass is 10.0. The summed E-state index contributed by atoms with van der Waals surface area (Å²) in [6.45, 7) is 1.57. The first kappa shape index (κ1) is 18.4. The molecule has 0 N–H and O–H groups in total. The number of likely N-dealkylation sites (tertiary alicyclic amines) is 1. The van der Waals surface area contributed by atoms with Crippen molar-refractivity contribution in [3.8, 4) is 10.6 Å². The summed E-state index contributed by atoms with van der Waals surface area (Å²) in [5, 5.41) is 0.904. The van der Waals surface area contributed by atoms with E-state index in [9.17, 15) is 4.79 Å². The Morgan fingerprint density at radius 1 is 1.26 bits per heavy atom. The van der Waals surface area contributed by atoms with E-state index in [1.807, 2.05) is 47.4 Å². The number of hydrogen-bond donors (Lipinski definition) is 0. The van der Waals surface area contributed by atoms with E-state index in [1.54, 1.807) is 0 Å². The third kappa shape index (κ3) is 3.72. The second-order valence-corrected chi connectivity index (χ2v) is 8.90. The van der Waals surface area contributed by atoms with Crippen LogP contribution in [0.2, 0.25) is 4.34 Å². The first-order valence-electron chi connectivity index (χ1n) is 9.14. The topological polar surface area (TPSA) is 36.4 Å². The van der Waals surface area contributed by atoms with Gasteiger partial charge in [-0.3, -0.25) is 4.79 Å². The zero-order valence-electron chi connectivity index (χ0n) is 15.5. The molecule has 6 heteroatoms. The third-order valence-corrected chi connectivity index (χ3v) is 6.44. The molecule has 27 heavy (non-hydrogen) atoms. The number of pyridine rings is 1. The summed E-state index contributed by atoms with van der Waals surface area (Å²) in [5.41, 5.74) is 2.36. The van der Waals surface area contributed by atoms with Crippen LogP contribution >= 0.6 is 22.9 Å². The second kappa shape index (κ2) is 7.58. The molecule has 0 radical (unpaired) electrons. The van der Waals surface area contributed by atoms with Crippen LogP contribution in [0.4, 0.5) is 0 Å². The molecule has 4 nitrogen and oxygen atoms in total. The number of fused-ring (bicyclic) bond motifs is 1. The summed E-state index contributed by atoms with van der Waals surface area (Å²) in [6, 6.07) is 14.0.